The van der Waals surface area contributed by atoms with E-state index in [4.69, 9.17) is 5.73 Å². The number of aliphatic carboxylic acids is 2. The van der Waals surface area contributed by atoms with E-state index in [1.54, 1.807) is 42.5 Å². The normalized spacial score (nSPS) is 13.7. The second-order valence-electron chi connectivity index (χ2n) is 9.40. The van der Waals surface area contributed by atoms with E-state index in [-0.39, 0.29) is 25.0 Å². The van der Waals surface area contributed by atoms with E-state index in [0.717, 1.165) is 0 Å². The fraction of sp³-hybridized carbons (Fsp3) is 0.393. The van der Waals surface area contributed by atoms with Crippen molar-refractivity contribution in [2.24, 2.45) is 5.73 Å². The first-order chi connectivity index (χ1) is 19.5. The molecular weight excluding hydrogens is 552 g/mol. The third-order valence-electron chi connectivity index (χ3n) is 6.16. The number of hydrogen-bond acceptors (Lipinski definition) is 8. The molecule has 4 unspecified atom stereocenters. The number of benzene rings is 2. The van der Waals surface area contributed by atoms with Crippen LogP contribution in [0.4, 0.5) is 0 Å². The van der Waals surface area contributed by atoms with Gasteiger partial charge in [0.1, 0.15) is 23.9 Å². The predicted octanol–water partition coefficient (Wildman–Crippen LogP) is 0.662. The van der Waals surface area contributed by atoms with Crippen molar-refractivity contribution in [2.75, 3.05) is 12.0 Å². The van der Waals surface area contributed by atoms with Gasteiger partial charge in [-0.15, -0.1) is 0 Å². The Hall–Kier alpha value is -4.10. The lowest BCUT2D eigenvalue weighted by molar-refractivity contribution is -0.143. The highest BCUT2D eigenvalue weighted by Gasteiger charge is 2.31. The standard InChI is InChI=1S/C28H36N4O8S/c1-41-14-13-20(29)25(36)31-22(15-18-7-9-19(33)10-8-18)27(38)30-21(11-12-24(34)35)26(37)32-23(28(39)40)16-17-5-3-2-4-6-17/h2-10,20-23,33H,11-16,29H2,1H3,(H,30,38)(H,31,36)(H,32,37)(H,34,35)(H,39,40). The molecule has 0 aliphatic rings. The molecule has 0 heterocycles. The van der Waals surface area contributed by atoms with Crippen molar-refractivity contribution in [3.63, 3.8) is 0 Å². The third-order valence-corrected chi connectivity index (χ3v) is 6.80. The maximum absolute atomic E-state index is 13.4. The molecule has 2 aromatic rings. The molecule has 0 bridgehead atoms. The Kier molecular flexibility index (Phi) is 13.6. The number of nitrogens with two attached hydrogens (primary N) is 1. The lowest BCUT2D eigenvalue weighted by atomic mass is 10.0. The molecule has 0 radical (unpaired) electrons. The number of carbonyl (C=O) groups is 5. The van der Waals surface area contributed by atoms with Crippen LogP contribution in [0.1, 0.15) is 30.4 Å². The highest BCUT2D eigenvalue weighted by Crippen LogP contribution is 2.13. The third kappa shape index (κ3) is 11.9. The maximum atomic E-state index is 13.4. The van der Waals surface area contributed by atoms with Crippen LogP contribution in [0, 0.1) is 0 Å². The van der Waals surface area contributed by atoms with E-state index in [1.807, 2.05) is 6.26 Å². The summed E-state index contributed by atoms with van der Waals surface area (Å²) in [6.07, 6.45) is 1.37. The molecule has 0 fully saturated rings. The van der Waals surface area contributed by atoms with E-state index in [1.165, 1.54) is 23.9 Å². The van der Waals surface area contributed by atoms with Gasteiger partial charge in [0.25, 0.3) is 0 Å². The number of carboxylic acid groups (broad SMARTS) is 2. The van der Waals surface area contributed by atoms with Gasteiger partial charge in [-0.1, -0.05) is 42.5 Å². The molecule has 2 aromatic carbocycles. The second-order valence-corrected chi connectivity index (χ2v) is 10.4. The molecule has 0 spiro atoms. The topological polar surface area (TPSA) is 208 Å². The van der Waals surface area contributed by atoms with Crippen LogP contribution >= 0.6 is 11.8 Å². The molecule has 41 heavy (non-hydrogen) atoms. The maximum Gasteiger partial charge on any atom is 0.326 e. The van der Waals surface area contributed by atoms with Crippen molar-refractivity contribution in [3.8, 4) is 5.75 Å². The van der Waals surface area contributed by atoms with Gasteiger partial charge in [-0.2, -0.15) is 11.8 Å². The van der Waals surface area contributed by atoms with Crippen molar-refractivity contribution < 1.29 is 39.3 Å². The van der Waals surface area contributed by atoms with Crippen LogP contribution < -0.4 is 21.7 Å². The van der Waals surface area contributed by atoms with E-state index >= 15 is 0 Å². The van der Waals surface area contributed by atoms with Gasteiger partial charge >= 0.3 is 11.9 Å². The number of thioether (sulfide) groups is 1. The van der Waals surface area contributed by atoms with Crippen LogP contribution in [0.2, 0.25) is 0 Å². The molecule has 8 N–H and O–H groups in total. The van der Waals surface area contributed by atoms with Gasteiger partial charge in [0.2, 0.25) is 17.7 Å². The molecule has 4 atom stereocenters. The minimum Gasteiger partial charge on any atom is -0.508 e. The number of rotatable bonds is 17. The number of amides is 3. The number of hydrogen-bond donors (Lipinski definition) is 7. The lowest BCUT2D eigenvalue weighted by Gasteiger charge is -2.25. The Labute approximate surface area is 242 Å². The number of nitrogens with one attached hydrogen (secondary N) is 3. The Balaban J connectivity index is 2.24. The number of aromatic hydroxyl groups is 1. The van der Waals surface area contributed by atoms with Gasteiger partial charge in [0, 0.05) is 19.3 Å². The van der Waals surface area contributed by atoms with Gasteiger partial charge in [-0.25, -0.2) is 4.79 Å². The molecule has 222 valence electrons. The van der Waals surface area contributed by atoms with E-state index < -0.39 is 60.2 Å². The Morgan fingerprint density at radius 1 is 0.756 bits per heavy atom. The first-order valence-corrected chi connectivity index (χ1v) is 14.3. The molecule has 13 heteroatoms. The summed E-state index contributed by atoms with van der Waals surface area (Å²) >= 11 is 1.51. The highest BCUT2D eigenvalue weighted by atomic mass is 32.2. The van der Waals surface area contributed by atoms with Gasteiger partial charge < -0.3 is 37.0 Å². The fourth-order valence-electron chi connectivity index (χ4n) is 3.86. The molecule has 0 saturated heterocycles. The van der Waals surface area contributed by atoms with Crippen molar-refractivity contribution in [1.82, 2.24) is 16.0 Å². The van der Waals surface area contributed by atoms with Crippen LogP contribution in [0.15, 0.2) is 54.6 Å². The minimum atomic E-state index is -1.40. The van der Waals surface area contributed by atoms with Crippen LogP contribution in [0.25, 0.3) is 0 Å². The SMILES string of the molecule is CSCCC(N)C(=O)NC(Cc1ccc(O)cc1)C(=O)NC(CCC(=O)O)C(=O)NC(Cc1ccccc1)C(=O)O. The molecule has 12 nitrogen and oxygen atoms in total. The number of carbonyl (C=O) groups excluding carboxylic acids is 3. The molecule has 0 saturated carbocycles. The Morgan fingerprint density at radius 2 is 1.29 bits per heavy atom. The summed E-state index contributed by atoms with van der Waals surface area (Å²) in [5.74, 6) is -4.15. The number of phenolic OH excluding ortho intramolecular Hbond substituents is 1. The summed E-state index contributed by atoms with van der Waals surface area (Å²) < 4.78 is 0. The smallest absolute Gasteiger partial charge is 0.326 e. The first-order valence-electron chi connectivity index (χ1n) is 12.9. The van der Waals surface area contributed by atoms with E-state index in [9.17, 15) is 39.3 Å². The van der Waals surface area contributed by atoms with E-state index in [0.29, 0.717) is 23.3 Å². The number of phenols is 1. The van der Waals surface area contributed by atoms with Crippen LogP contribution in [0.5, 0.6) is 5.75 Å². The molecular formula is C28H36N4O8S. The van der Waals surface area contributed by atoms with E-state index in [2.05, 4.69) is 16.0 Å². The fourth-order valence-corrected chi connectivity index (χ4v) is 4.35. The van der Waals surface area contributed by atoms with Gasteiger partial charge in [-0.3, -0.25) is 19.2 Å². The second kappa shape index (κ2) is 16.9. The molecule has 0 aromatic heterocycles. The highest BCUT2D eigenvalue weighted by molar-refractivity contribution is 7.98. The zero-order chi connectivity index (χ0) is 30.4. The molecule has 3 amide bonds. The van der Waals surface area contributed by atoms with Gasteiger partial charge in [0.15, 0.2) is 0 Å². The predicted molar refractivity (Wildman–Crippen MR) is 153 cm³/mol. The van der Waals surface area contributed by atoms with Gasteiger partial charge in [-0.05, 0) is 48.1 Å². The van der Waals surface area contributed by atoms with Crippen molar-refractivity contribution in [3.05, 3.63) is 65.7 Å². The molecule has 2 rings (SSSR count). The summed E-state index contributed by atoms with van der Waals surface area (Å²) in [6.45, 7) is 0. The zero-order valence-electron chi connectivity index (χ0n) is 22.6. The van der Waals surface area contributed by atoms with Crippen LogP contribution in [-0.2, 0) is 36.8 Å². The molecule has 0 aliphatic heterocycles. The van der Waals surface area contributed by atoms with Crippen LogP contribution in [0.3, 0.4) is 0 Å². The summed E-state index contributed by atoms with van der Waals surface area (Å²) in [4.78, 5) is 62.4. The minimum absolute atomic E-state index is 0.00627. The quantitative estimate of drug-likeness (QED) is 0.137. The largest absolute Gasteiger partial charge is 0.508 e. The Morgan fingerprint density at radius 3 is 1.88 bits per heavy atom. The summed E-state index contributed by atoms with van der Waals surface area (Å²) in [6, 6.07) is 9.73. The number of carboxylic acids is 2. The zero-order valence-corrected chi connectivity index (χ0v) is 23.4. The average molecular weight is 589 g/mol. The van der Waals surface area contributed by atoms with Crippen molar-refractivity contribution in [2.45, 2.75) is 56.3 Å². The first kappa shape index (κ1) is 33.1. The van der Waals surface area contributed by atoms with Crippen molar-refractivity contribution >= 4 is 41.4 Å². The van der Waals surface area contributed by atoms with Gasteiger partial charge in [0.05, 0.1) is 6.04 Å². The monoisotopic (exact) mass is 588 g/mol. The summed E-state index contributed by atoms with van der Waals surface area (Å²) in [5.41, 5.74) is 7.20. The summed E-state index contributed by atoms with van der Waals surface area (Å²) in [5, 5.41) is 35.9. The van der Waals surface area contributed by atoms with Crippen LogP contribution in [-0.4, -0.2) is 81.2 Å². The molecule has 0 aliphatic carbocycles. The average Bonchev–Trinajstić information content (AvgIpc) is 2.94. The lowest BCUT2D eigenvalue weighted by Crippen LogP contribution is -2.57. The van der Waals surface area contributed by atoms with Crippen molar-refractivity contribution in [1.29, 1.82) is 0 Å². The Bertz CT molecular complexity index is 1180. The summed E-state index contributed by atoms with van der Waals surface area (Å²) in [7, 11) is 0.